The number of rotatable bonds is 7. The van der Waals surface area contributed by atoms with Crippen molar-refractivity contribution in [3.63, 3.8) is 0 Å². The monoisotopic (exact) mass is 307 g/mol. The van der Waals surface area contributed by atoms with Crippen molar-refractivity contribution in [1.82, 2.24) is 0 Å². The van der Waals surface area contributed by atoms with E-state index in [2.05, 4.69) is 31.2 Å². The van der Waals surface area contributed by atoms with E-state index in [-0.39, 0.29) is 12.4 Å². The van der Waals surface area contributed by atoms with Gasteiger partial charge in [0.2, 0.25) is 0 Å². The van der Waals surface area contributed by atoms with Gasteiger partial charge < -0.3 is 15.2 Å². The fraction of sp³-hybridized carbons (Fsp3) is 0.294. The Morgan fingerprint density at radius 3 is 2.00 bits per heavy atom. The summed E-state index contributed by atoms with van der Waals surface area (Å²) in [5, 5.41) is 0. The number of hydrogen-bond acceptors (Lipinski definition) is 3. The Labute approximate surface area is 132 Å². The molecular weight excluding hydrogens is 286 g/mol. The maximum absolute atomic E-state index is 5.74. The van der Waals surface area contributed by atoms with E-state index in [0.29, 0.717) is 19.8 Å². The van der Waals surface area contributed by atoms with Gasteiger partial charge in [0.1, 0.15) is 18.1 Å². The SMILES string of the molecule is Cc1ccc(COc2ccc(OCCCN)cc2)cc1.Cl. The summed E-state index contributed by atoms with van der Waals surface area (Å²) in [6, 6.07) is 16.0. The molecule has 0 spiro atoms. The molecule has 0 amide bonds. The van der Waals surface area contributed by atoms with E-state index >= 15 is 0 Å². The van der Waals surface area contributed by atoms with Crippen LogP contribution in [0.15, 0.2) is 48.5 Å². The number of aryl methyl sites for hydroxylation is 1. The molecule has 0 unspecified atom stereocenters. The Kier molecular flexibility index (Phi) is 7.65. The molecule has 0 bridgehead atoms. The Hall–Kier alpha value is -1.71. The van der Waals surface area contributed by atoms with Crippen LogP contribution in [0.25, 0.3) is 0 Å². The van der Waals surface area contributed by atoms with Crippen LogP contribution in [0, 0.1) is 6.92 Å². The lowest BCUT2D eigenvalue weighted by Crippen LogP contribution is -2.06. The van der Waals surface area contributed by atoms with E-state index in [1.54, 1.807) is 0 Å². The molecule has 0 saturated carbocycles. The molecule has 0 aliphatic carbocycles. The quantitative estimate of drug-likeness (QED) is 0.793. The fourth-order valence-electron chi connectivity index (χ4n) is 1.76. The lowest BCUT2D eigenvalue weighted by molar-refractivity contribution is 0.300. The van der Waals surface area contributed by atoms with Crippen molar-refractivity contribution in [3.8, 4) is 11.5 Å². The third-order valence-electron chi connectivity index (χ3n) is 2.97. The van der Waals surface area contributed by atoms with Crippen LogP contribution in [0.4, 0.5) is 0 Å². The van der Waals surface area contributed by atoms with Crippen LogP contribution in [-0.4, -0.2) is 13.2 Å². The average Bonchev–Trinajstić information content (AvgIpc) is 2.48. The Bertz CT molecular complexity index is 511. The molecule has 4 heteroatoms. The molecule has 2 aromatic carbocycles. The van der Waals surface area contributed by atoms with Crippen molar-refractivity contribution < 1.29 is 9.47 Å². The van der Waals surface area contributed by atoms with Crippen molar-refractivity contribution >= 4 is 12.4 Å². The van der Waals surface area contributed by atoms with Crippen molar-refractivity contribution in [2.24, 2.45) is 5.73 Å². The van der Waals surface area contributed by atoms with E-state index < -0.39 is 0 Å². The second-order valence-corrected chi connectivity index (χ2v) is 4.74. The summed E-state index contributed by atoms with van der Waals surface area (Å²) in [5.41, 5.74) is 7.84. The van der Waals surface area contributed by atoms with E-state index in [9.17, 15) is 0 Å². The maximum atomic E-state index is 5.74. The summed E-state index contributed by atoms with van der Waals surface area (Å²) in [5.74, 6) is 1.69. The van der Waals surface area contributed by atoms with Gasteiger partial charge in [-0.05, 0) is 49.7 Å². The highest BCUT2D eigenvalue weighted by Crippen LogP contribution is 2.18. The number of halogens is 1. The minimum atomic E-state index is 0. The zero-order valence-electron chi connectivity index (χ0n) is 12.2. The Morgan fingerprint density at radius 1 is 0.857 bits per heavy atom. The molecule has 0 aliphatic rings. The van der Waals surface area contributed by atoms with Crippen molar-refractivity contribution in [3.05, 3.63) is 59.7 Å². The summed E-state index contributed by atoms with van der Waals surface area (Å²) >= 11 is 0. The summed E-state index contributed by atoms with van der Waals surface area (Å²) < 4.78 is 11.3. The minimum Gasteiger partial charge on any atom is -0.494 e. The third-order valence-corrected chi connectivity index (χ3v) is 2.97. The van der Waals surface area contributed by atoms with E-state index in [0.717, 1.165) is 17.9 Å². The normalized spacial score (nSPS) is 9.81. The highest BCUT2D eigenvalue weighted by Gasteiger charge is 1.98. The summed E-state index contributed by atoms with van der Waals surface area (Å²) in [6.07, 6.45) is 0.867. The van der Waals surface area contributed by atoms with Gasteiger partial charge in [-0.2, -0.15) is 0 Å². The zero-order valence-corrected chi connectivity index (χ0v) is 13.1. The van der Waals surface area contributed by atoms with Gasteiger partial charge in [-0.1, -0.05) is 29.8 Å². The van der Waals surface area contributed by atoms with Crippen molar-refractivity contribution in [2.75, 3.05) is 13.2 Å². The van der Waals surface area contributed by atoms with Gasteiger partial charge in [0.25, 0.3) is 0 Å². The number of ether oxygens (including phenoxy) is 2. The molecule has 0 aromatic heterocycles. The zero-order chi connectivity index (χ0) is 14.2. The largest absolute Gasteiger partial charge is 0.494 e. The van der Waals surface area contributed by atoms with Crippen LogP contribution in [0.1, 0.15) is 17.5 Å². The predicted octanol–water partition coefficient (Wildman–Crippen LogP) is 3.72. The summed E-state index contributed by atoms with van der Waals surface area (Å²) in [6.45, 7) is 3.96. The van der Waals surface area contributed by atoms with Gasteiger partial charge in [-0.3, -0.25) is 0 Å². The van der Waals surface area contributed by atoms with Crippen LogP contribution in [-0.2, 0) is 6.61 Å². The first-order valence-corrected chi connectivity index (χ1v) is 6.89. The molecule has 0 radical (unpaired) electrons. The number of nitrogens with two attached hydrogens (primary N) is 1. The second-order valence-electron chi connectivity index (χ2n) is 4.74. The van der Waals surface area contributed by atoms with E-state index in [4.69, 9.17) is 15.2 Å². The predicted molar refractivity (Wildman–Crippen MR) is 88.4 cm³/mol. The lowest BCUT2D eigenvalue weighted by atomic mass is 10.2. The van der Waals surface area contributed by atoms with Gasteiger partial charge in [0, 0.05) is 0 Å². The first-order chi connectivity index (χ1) is 9.78. The molecule has 2 rings (SSSR count). The molecule has 0 fully saturated rings. The summed E-state index contributed by atoms with van der Waals surface area (Å²) in [7, 11) is 0. The third kappa shape index (κ3) is 6.06. The first kappa shape index (κ1) is 17.3. The molecule has 0 saturated heterocycles. The van der Waals surface area contributed by atoms with Crippen LogP contribution in [0.3, 0.4) is 0 Å². The summed E-state index contributed by atoms with van der Waals surface area (Å²) in [4.78, 5) is 0. The standard InChI is InChI=1S/C17H21NO2.ClH/c1-14-3-5-15(6-4-14)13-20-17-9-7-16(8-10-17)19-12-2-11-18;/h3-10H,2,11-13,18H2,1H3;1H. The van der Waals surface area contributed by atoms with Crippen LogP contribution in [0.5, 0.6) is 11.5 Å². The average molecular weight is 308 g/mol. The molecule has 0 aliphatic heterocycles. The molecule has 21 heavy (non-hydrogen) atoms. The van der Waals surface area contributed by atoms with Gasteiger partial charge in [-0.25, -0.2) is 0 Å². The fourth-order valence-corrected chi connectivity index (χ4v) is 1.76. The Morgan fingerprint density at radius 2 is 1.43 bits per heavy atom. The van der Waals surface area contributed by atoms with Crippen LogP contribution < -0.4 is 15.2 Å². The molecule has 114 valence electrons. The van der Waals surface area contributed by atoms with Gasteiger partial charge in [0.05, 0.1) is 6.61 Å². The van der Waals surface area contributed by atoms with Gasteiger partial charge >= 0.3 is 0 Å². The van der Waals surface area contributed by atoms with Crippen molar-refractivity contribution in [2.45, 2.75) is 20.0 Å². The highest BCUT2D eigenvalue weighted by atomic mass is 35.5. The second kappa shape index (κ2) is 9.27. The molecular formula is C17H22ClNO2. The minimum absolute atomic E-state index is 0. The maximum Gasteiger partial charge on any atom is 0.120 e. The van der Waals surface area contributed by atoms with Crippen LogP contribution in [0.2, 0.25) is 0 Å². The molecule has 3 nitrogen and oxygen atoms in total. The topological polar surface area (TPSA) is 44.5 Å². The Balaban J connectivity index is 0.00000220. The smallest absolute Gasteiger partial charge is 0.120 e. The van der Waals surface area contributed by atoms with Crippen LogP contribution >= 0.6 is 12.4 Å². The molecule has 2 aromatic rings. The van der Waals surface area contributed by atoms with E-state index in [1.807, 2.05) is 24.3 Å². The number of hydrogen-bond donors (Lipinski definition) is 1. The van der Waals surface area contributed by atoms with Crippen molar-refractivity contribution in [1.29, 1.82) is 0 Å². The number of benzene rings is 2. The molecule has 0 atom stereocenters. The molecule has 2 N–H and O–H groups in total. The van der Waals surface area contributed by atoms with Gasteiger partial charge in [0.15, 0.2) is 0 Å². The highest BCUT2D eigenvalue weighted by molar-refractivity contribution is 5.85. The lowest BCUT2D eigenvalue weighted by Gasteiger charge is -2.08. The first-order valence-electron chi connectivity index (χ1n) is 6.89. The van der Waals surface area contributed by atoms with Gasteiger partial charge in [-0.15, -0.1) is 12.4 Å². The molecule has 0 heterocycles. The van der Waals surface area contributed by atoms with E-state index in [1.165, 1.54) is 11.1 Å².